The number of nitrogens with two attached hydrogens (primary N) is 1. The second-order valence-electron chi connectivity index (χ2n) is 9.65. The summed E-state index contributed by atoms with van der Waals surface area (Å²) in [5.41, 5.74) is 6.67. The number of alkyl halides is 2. The number of primary amides is 1. The molecular weight excluding hydrogens is 540 g/mol. The van der Waals surface area contributed by atoms with Crippen LogP contribution in [0, 0.1) is 5.41 Å². The minimum Gasteiger partial charge on any atom is -0.484 e. The summed E-state index contributed by atoms with van der Waals surface area (Å²) in [6, 6.07) is 6.40. The fourth-order valence-electron chi connectivity index (χ4n) is 4.99. The number of nitrogens with zero attached hydrogens (tertiary/aromatic N) is 3. The molecule has 190 valence electrons. The van der Waals surface area contributed by atoms with E-state index in [0.29, 0.717) is 15.7 Å². The van der Waals surface area contributed by atoms with Crippen molar-refractivity contribution in [1.29, 1.82) is 0 Å². The van der Waals surface area contributed by atoms with Gasteiger partial charge in [-0.2, -0.15) is 5.10 Å². The Hall–Kier alpha value is -3.28. The molecule has 0 bridgehead atoms. The highest BCUT2D eigenvalue weighted by molar-refractivity contribution is 9.10. The number of hydrogen-bond donors (Lipinski definition) is 2. The summed E-state index contributed by atoms with van der Waals surface area (Å²) in [6.07, 6.45) is 6.25. The number of rotatable bonds is 8. The molecule has 0 aromatic carbocycles. The molecule has 3 aromatic rings. The van der Waals surface area contributed by atoms with Gasteiger partial charge in [-0.15, -0.1) is 0 Å². The lowest BCUT2D eigenvalue weighted by molar-refractivity contribution is -0.0848. The maximum atomic E-state index is 13.1. The number of carbonyl (C=O) groups is 2. The van der Waals surface area contributed by atoms with E-state index in [-0.39, 0.29) is 40.7 Å². The van der Waals surface area contributed by atoms with Crippen LogP contribution in [0.2, 0.25) is 0 Å². The van der Waals surface area contributed by atoms with Gasteiger partial charge in [0.1, 0.15) is 16.3 Å². The van der Waals surface area contributed by atoms with Crippen molar-refractivity contribution in [3.05, 3.63) is 52.4 Å². The lowest BCUT2D eigenvalue weighted by Crippen LogP contribution is -2.58. The Morgan fingerprint density at radius 3 is 2.69 bits per heavy atom. The molecule has 2 aliphatic carbocycles. The van der Waals surface area contributed by atoms with Gasteiger partial charge in [-0.3, -0.25) is 9.59 Å². The third-order valence-corrected chi connectivity index (χ3v) is 7.37. The summed E-state index contributed by atoms with van der Waals surface area (Å²) >= 11 is 3.32. The molecule has 1 spiro atoms. The number of hydrogen-bond acceptors (Lipinski definition) is 6. The molecule has 0 atom stereocenters. The third kappa shape index (κ3) is 4.73. The Morgan fingerprint density at radius 1 is 1.25 bits per heavy atom. The highest BCUT2D eigenvalue weighted by Gasteiger charge is 2.54. The predicted octanol–water partition coefficient (Wildman–Crippen LogP) is 3.74. The van der Waals surface area contributed by atoms with E-state index in [0.717, 1.165) is 32.6 Å². The van der Waals surface area contributed by atoms with Gasteiger partial charge in [0.05, 0.1) is 17.3 Å². The van der Waals surface area contributed by atoms with Crippen LogP contribution in [0.4, 0.5) is 8.78 Å². The number of halogens is 3. The van der Waals surface area contributed by atoms with Crippen LogP contribution in [0.1, 0.15) is 53.3 Å². The molecule has 2 saturated carbocycles. The number of nitrogens with one attached hydrogen (secondary N) is 1. The van der Waals surface area contributed by atoms with E-state index in [4.69, 9.17) is 15.2 Å². The van der Waals surface area contributed by atoms with Crippen LogP contribution in [-0.4, -0.2) is 51.1 Å². The summed E-state index contributed by atoms with van der Waals surface area (Å²) < 4.78 is 39.1. The molecule has 36 heavy (non-hydrogen) atoms. The molecule has 5 rings (SSSR count). The molecule has 3 heterocycles. The summed E-state index contributed by atoms with van der Waals surface area (Å²) in [5.74, 6) is -3.34. The summed E-state index contributed by atoms with van der Waals surface area (Å²) in [6.45, 7) is 0.00657. The molecule has 3 N–H and O–H groups in total. The molecule has 0 saturated heterocycles. The lowest BCUT2D eigenvalue weighted by atomic mass is 9.53. The molecule has 2 amide bonds. The lowest BCUT2D eigenvalue weighted by Gasteiger charge is -2.57. The Morgan fingerprint density at radius 2 is 2.00 bits per heavy atom. The first-order valence-corrected chi connectivity index (χ1v) is 12.2. The molecule has 2 fully saturated rings. The molecule has 9 nitrogen and oxygen atoms in total. The summed E-state index contributed by atoms with van der Waals surface area (Å²) in [7, 11) is 0. The van der Waals surface area contributed by atoms with Crippen LogP contribution in [0.25, 0.3) is 5.52 Å². The average Bonchev–Trinajstić information content (AvgIpc) is 3.20. The van der Waals surface area contributed by atoms with Crippen molar-refractivity contribution in [1.82, 2.24) is 19.9 Å². The highest BCUT2D eigenvalue weighted by Crippen LogP contribution is 2.56. The standard InChI is InChI=1S/C24H24BrF2N5O4/c1-23(26,27)12-35-18-5-4-17-16(11-30-32(17)19(18)25)21(34)31-13-7-24(8-13)9-14(10-24)36-22-15(20(28)33)3-2-6-29-22/h2-6,11,13-14H,7-10,12H2,1H3,(H2,28,33)(H,31,34)/t13-,14-,24?. The van der Waals surface area contributed by atoms with Crippen molar-refractivity contribution in [2.75, 3.05) is 6.61 Å². The van der Waals surface area contributed by atoms with Crippen molar-refractivity contribution in [3.8, 4) is 11.6 Å². The van der Waals surface area contributed by atoms with Gasteiger partial charge in [0.15, 0.2) is 12.4 Å². The van der Waals surface area contributed by atoms with Gasteiger partial charge in [0.2, 0.25) is 5.88 Å². The van der Waals surface area contributed by atoms with E-state index >= 15 is 0 Å². The molecule has 2 aliphatic rings. The Kier molecular flexibility index (Phi) is 6.09. The third-order valence-electron chi connectivity index (χ3n) is 6.64. The zero-order valence-electron chi connectivity index (χ0n) is 19.3. The van der Waals surface area contributed by atoms with E-state index in [2.05, 4.69) is 31.3 Å². The van der Waals surface area contributed by atoms with Crippen molar-refractivity contribution >= 4 is 33.3 Å². The van der Waals surface area contributed by atoms with Gasteiger partial charge >= 0.3 is 0 Å². The van der Waals surface area contributed by atoms with Gasteiger partial charge in [-0.05, 0) is 71.3 Å². The van der Waals surface area contributed by atoms with Gasteiger partial charge in [0.25, 0.3) is 17.7 Å². The van der Waals surface area contributed by atoms with Crippen molar-refractivity contribution in [3.63, 3.8) is 0 Å². The number of amides is 2. The van der Waals surface area contributed by atoms with Crippen LogP contribution in [0.3, 0.4) is 0 Å². The fraction of sp³-hybridized carbons (Fsp3) is 0.417. The number of pyridine rings is 2. The van der Waals surface area contributed by atoms with Crippen LogP contribution in [0.15, 0.2) is 41.3 Å². The normalized spacial score (nSPS) is 23.1. The highest BCUT2D eigenvalue weighted by atomic mass is 79.9. The molecule has 0 unspecified atom stereocenters. The van der Waals surface area contributed by atoms with E-state index in [1.165, 1.54) is 16.8 Å². The van der Waals surface area contributed by atoms with Crippen LogP contribution >= 0.6 is 15.9 Å². The van der Waals surface area contributed by atoms with Crippen molar-refractivity contribution in [2.45, 2.75) is 50.7 Å². The van der Waals surface area contributed by atoms with E-state index in [1.54, 1.807) is 24.4 Å². The Bertz CT molecular complexity index is 1330. The maximum absolute atomic E-state index is 13.1. The van der Waals surface area contributed by atoms with E-state index < -0.39 is 18.4 Å². The topological polar surface area (TPSA) is 121 Å². The minimum atomic E-state index is -2.97. The first kappa shape index (κ1) is 24.4. The monoisotopic (exact) mass is 563 g/mol. The quantitative estimate of drug-likeness (QED) is 0.403. The fourth-order valence-corrected chi connectivity index (χ4v) is 5.52. The maximum Gasteiger partial charge on any atom is 0.278 e. The van der Waals surface area contributed by atoms with E-state index in [1.807, 2.05) is 0 Å². The number of ether oxygens (including phenoxy) is 2. The SMILES string of the molecule is CC(F)(F)COc1ccc2c(C(=O)N[C@H]3CC4(C3)C[C@H](Oc3ncccc3C(N)=O)C4)cnn2c1Br. The van der Waals surface area contributed by atoms with Crippen LogP contribution in [-0.2, 0) is 0 Å². The predicted molar refractivity (Wildman–Crippen MR) is 128 cm³/mol. The smallest absolute Gasteiger partial charge is 0.278 e. The first-order valence-electron chi connectivity index (χ1n) is 11.4. The van der Waals surface area contributed by atoms with Crippen LogP contribution < -0.4 is 20.5 Å². The van der Waals surface area contributed by atoms with E-state index in [9.17, 15) is 18.4 Å². The molecule has 0 radical (unpaired) electrons. The average molecular weight is 564 g/mol. The summed E-state index contributed by atoms with van der Waals surface area (Å²) in [4.78, 5) is 28.6. The molecule has 12 heteroatoms. The second kappa shape index (κ2) is 8.99. The van der Waals surface area contributed by atoms with Crippen molar-refractivity contribution < 1.29 is 27.8 Å². The second-order valence-corrected chi connectivity index (χ2v) is 10.4. The van der Waals surface area contributed by atoms with Gasteiger partial charge in [-0.1, -0.05) is 0 Å². The van der Waals surface area contributed by atoms with Gasteiger partial charge < -0.3 is 20.5 Å². The van der Waals surface area contributed by atoms with Gasteiger partial charge in [-0.25, -0.2) is 18.3 Å². The Balaban J connectivity index is 1.15. The number of aromatic nitrogens is 3. The Labute approximate surface area is 213 Å². The number of carbonyl (C=O) groups excluding carboxylic acids is 2. The zero-order chi connectivity index (χ0) is 25.7. The molecule has 3 aromatic heterocycles. The molecular formula is C24H24BrF2N5O4. The molecule has 0 aliphatic heterocycles. The number of fused-ring (bicyclic) bond motifs is 1. The minimum absolute atomic E-state index is 0.0299. The van der Waals surface area contributed by atoms with Gasteiger partial charge in [0, 0.05) is 19.2 Å². The van der Waals surface area contributed by atoms with Crippen molar-refractivity contribution in [2.24, 2.45) is 11.1 Å². The first-order chi connectivity index (χ1) is 17.0. The largest absolute Gasteiger partial charge is 0.484 e. The summed E-state index contributed by atoms with van der Waals surface area (Å²) in [5, 5.41) is 7.26. The van der Waals surface area contributed by atoms with Crippen LogP contribution in [0.5, 0.6) is 11.6 Å². The zero-order valence-corrected chi connectivity index (χ0v) is 20.9.